The first kappa shape index (κ1) is 22.6. The SMILES string of the molecule is CCOc1cc(/C=N/NC(=O)C(C)Sc2nc3ccccc3s2)cc(Br)c1OCC. The third-order valence-electron chi connectivity index (χ3n) is 3.93. The largest absolute Gasteiger partial charge is 0.490 e. The highest BCUT2D eigenvalue weighted by Crippen LogP contribution is 2.36. The maximum Gasteiger partial charge on any atom is 0.253 e. The van der Waals surface area contributed by atoms with Gasteiger partial charge in [-0.3, -0.25) is 4.79 Å². The third-order valence-corrected chi connectivity index (χ3v) is 6.75. The summed E-state index contributed by atoms with van der Waals surface area (Å²) in [5, 5.41) is 3.77. The van der Waals surface area contributed by atoms with Gasteiger partial charge in [0.15, 0.2) is 15.8 Å². The van der Waals surface area contributed by atoms with Gasteiger partial charge in [-0.05, 0) is 66.5 Å². The Kier molecular flexibility index (Phi) is 8.12. The Bertz CT molecular complexity index is 1020. The van der Waals surface area contributed by atoms with Crippen LogP contribution in [0, 0.1) is 0 Å². The maximum atomic E-state index is 12.4. The number of carbonyl (C=O) groups is 1. The number of carbonyl (C=O) groups excluding carboxylic acids is 1. The molecule has 0 radical (unpaired) electrons. The molecule has 1 atom stereocenters. The minimum absolute atomic E-state index is 0.189. The van der Waals surface area contributed by atoms with E-state index in [1.165, 1.54) is 11.8 Å². The smallest absolute Gasteiger partial charge is 0.253 e. The molecule has 0 saturated heterocycles. The molecule has 0 aliphatic rings. The zero-order valence-electron chi connectivity index (χ0n) is 16.8. The molecule has 2 aromatic carbocycles. The van der Waals surface area contributed by atoms with E-state index in [9.17, 15) is 4.79 Å². The second-order valence-corrected chi connectivity index (χ2v) is 9.61. The number of amides is 1. The van der Waals surface area contributed by atoms with E-state index < -0.39 is 0 Å². The van der Waals surface area contributed by atoms with Gasteiger partial charge in [-0.15, -0.1) is 11.3 Å². The first-order chi connectivity index (χ1) is 14.5. The highest BCUT2D eigenvalue weighted by atomic mass is 79.9. The van der Waals surface area contributed by atoms with E-state index in [4.69, 9.17) is 9.47 Å². The van der Waals surface area contributed by atoms with Gasteiger partial charge in [-0.1, -0.05) is 23.9 Å². The summed E-state index contributed by atoms with van der Waals surface area (Å²) < 4.78 is 14.0. The summed E-state index contributed by atoms with van der Waals surface area (Å²) in [5.41, 5.74) is 4.32. The lowest BCUT2D eigenvalue weighted by molar-refractivity contribution is -0.120. The number of nitrogens with zero attached hydrogens (tertiary/aromatic N) is 2. The van der Waals surface area contributed by atoms with E-state index >= 15 is 0 Å². The number of rotatable bonds is 9. The van der Waals surface area contributed by atoms with E-state index in [0.717, 1.165) is 24.6 Å². The second kappa shape index (κ2) is 10.8. The van der Waals surface area contributed by atoms with Crippen molar-refractivity contribution in [1.82, 2.24) is 10.4 Å². The normalized spacial score (nSPS) is 12.3. The van der Waals surface area contributed by atoms with Crippen LogP contribution in [0.3, 0.4) is 0 Å². The van der Waals surface area contributed by atoms with Crippen molar-refractivity contribution in [2.75, 3.05) is 13.2 Å². The van der Waals surface area contributed by atoms with E-state index in [2.05, 4.69) is 31.4 Å². The van der Waals surface area contributed by atoms with E-state index in [0.29, 0.717) is 24.7 Å². The molecule has 3 rings (SSSR count). The molecule has 1 unspecified atom stereocenters. The number of thioether (sulfide) groups is 1. The van der Waals surface area contributed by atoms with Crippen LogP contribution >= 0.6 is 39.0 Å². The predicted molar refractivity (Wildman–Crippen MR) is 127 cm³/mol. The molecule has 0 bridgehead atoms. The first-order valence-corrected chi connectivity index (χ1v) is 11.9. The molecule has 1 aromatic heterocycles. The molecular formula is C21H22BrN3O3S2. The molecule has 158 valence electrons. The van der Waals surface area contributed by atoms with Crippen molar-refractivity contribution < 1.29 is 14.3 Å². The molecule has 0 saturated carbocycles. The summed E-state index contributed by atoms with van der Waals surface area (Å²) in [6.45, 7) is 6.72. The molecule has 9 heteroatoms. The van der Waals surface area contributed by atoms with Crippen molar-refractivity contribution in [2.45, 2.75) is 30.4 Å². The molecule has 1 heterocycles. The summed E-state index contributed by atoms with van der Waals surface area (Å²) in [4.78, 5) is 17.0. The quantitative estimate of drug-likeness (QED) is 0.235. The Morgan fingerprint density at radius 2 is 2.07 bits per heavy atom. The highest BCUT2D eigenvalue weighted by Gasteiger charge is 2.16. The van der Waals surface area contributed by atoms with E-state index in [1.54, 1.807) is 17.6 Å². The molecule has 6 nitrogen and oxygen atoms in total. The van der Waals surface area contributed by atoms with Crippen molar-refractivity contribution in [2.24, 2.45) is 5.10 Å². The van der Waals surface area contributed by atoms with Gasteiger partial charge in [0.2, 0.25) is 0 Å². The Morgan fingerprint density at radius 1 is 1.30 bits per heavy atom. The number of nitrogens with one attached hydrogen (secondary N) is 1. The van der Waals surface area contributed by atoms with Crippen molar-refractivity contribution in [3.05, 3.63) is 46.4 Å². The lowest BCUT2D eigenvalue weighted by Crippen LogP contribution is -2.26. The van der Waals surface area contributed by atoms with Crippen molar-refractivity contribution in [1.29, 1.82) is 0 Å². The van der Waals surface area contributed by atoms with E-state index in [-0.39, 0.29) is 11.2 Å². The standard InChI is InChI=1S/C21H22BrN3O3S2/c1-4-27-17-11-14(10-15(22)19(17)28-5-2)12-23-25-20(26)13(3)29-21-24-16-8-6-7-9-18(16)30-21/h6-13H,4-5H2,1-3H3,(H,25,26)/b23-12+. The lowest BCUT2D eigenvalue weighted by atomic mass is 10.2. The van der Waals surface area contributed by atoms with E-state index in [1.807, 2.05) is 57.2 Å². The van der Waals surface area contributed by atoms with Gasteiger partial charge in [-0.2, -0.15) is 5.10 Å². The van der Waals surface area contributed by atoms with Crippen LogP contribution in [0.1, 0.15) is 26.3 Å². The fourth-order valence-corrected chi connectivity index (χ4v) is 5.36. The number of halogens is 1. The predicted octanol–water partition coefficient (Wildman–Crippen LogP) is 5.49. The Balaban J connectivity index is 1.63. The number of fused-ring (bicyclic) bond motifs is 1. The van der Waals surface area contributed by atoms with Crippen LogP contribution in [-0.4, -0.2) is 35.6 Å². The number of hydrogen-bond donors (Lipinski definition) is 1. The summed E-state index contributed by atoms with van der Waals surface area (Å²) in [6.07, 6.45) is 1.58. The number of para-hydroxylation sites is 1. The van der Waals surface area contributed by atoms with Crippen LogP contribution < -0.4 is 14.9 Å². The van der Waals surface area contributed by atoms with Crippen LogP contribution in [0.25, 0.3) is 10.2 Å². The Morgan fingerprint density at radius 3 is 2.80 bits per heavy atom. The van der Waals surface area contributed by atoms with Crippen molar-refractivity contribution >= 4 is 61.4 Å². The van der Waals surface area contributed by atoms with Gasteiger partial charge in [0.25, 0.3) is 5.91 Å². The molecule has 0 spiro atoms. The number of aromatic nitrogens is 1. The first-order valence-electron chi connectivity index (χ1n) is 9.46. The zero-order valence-corrected chi connectivity index (χ0v) is 20.1. The van der Waals surface area contributed by atoms with Gasteiger partial charge in [0.1, 0.15) is 0 Å². The fraction of sp³-hybridized carbons (Fsp3) is 0.286. The summed E-state index contributed by atoms with van der Waals surface area (Å²) >= 11 is 6.50. The summed E-state index contributed by atoms with van der Waals surface area (Å²) in [7, 11) is 0. The highest BCUT2D eigenvalue weighted by molar-refractivity contribution is 9.10. The molecule has 0 fully saturated rings. The number of hydrogen-bond acceptors (Lipinski definition) is 7. The maximum absolute atomic E-state index is 12.4. The average Bonchev–Trinajstić information content (AvgIpc) is 3.13. The van der Waals surface area contributed by atoms with Crippen LogP contribution in [0.15, 0.2) is 50.3 Å². The van der Waals surface area contributed by atoms with Gasteiger partial charge in [0, 0.05) is 0 Å². The van der Waals surface area contributed by atoms with Crippen LogP contribution in [0.4, 0.5) is 0 Å². The molecule has 1 N–H and O–H groups in total. The minimum atomic E-state index is -0.325. The zero-order chi connectivity index (χ0) is 21.5. The molecule has 1 amide bonds. The lowest BCUT2D eigenvalue weighted by Gasteiger charge is -2.13. The molecule has 30 heavy (non-hydrogen) atoms. The van der Waals surface area contributed by atoms with Gasteiger partial charge < -0.3 is 9.47 Å². The van der Waals surface area contributed by atoms with Gasteiger partial charge in [0.05, 0.1) is 39.4 Å². The second-order valence-electron chi connectivity index (χ2n) is 6.14. The average molecular weight is 508 g/mol. The van der Waals surface area contributed by atoms with Gasteiger partial charge >= 0.3 is 0 Å². The number of ether oxygens (including phenoxy) is 2. The van der Waals surface area contributed by atoms with Crippen LogP contribution in [0.2, 0.25) is 0 Å². The summed E-state index contributed by atoms with van der Waals surface area (Å²) in [6, 6.07) is 11.6. The number of thiazole rings is 1. The Hall–Kier alpha value is -2.10. The van der Waals surface area contributed by atoms with Crippen molar-refractivity contribution in [3.63, 3.8) is 0 Å². The van der Waals surface area contributed by atoms with Crippen molar-refractivity contribution in [3.8, 4) is 11.5 Å². The van der Waals surface area contributed by atoms with Gasteiger partial charge in [-0.25, -0.2) is 10.4 Å². The summed E-state index contributed by atoms with van der Waals surface area (Å²) in [5.74, 6) is 1.09. The minimum Gasteiger partial charge on any atom is -0.490 e. The molecule has 0 aliphatic heterocycles. The third kappa shape index (κ3) is 5.74. The fourth-order valence-electron chi connectivity index (χ4n) is 2.58. The van der Waals surface area contributed by atoms with Crippen LogP contribution in [0.5, 0.6) is 11.5 Å². The molecule has 0 aliphatic carbocycles. The molecular weight excluding hydrogens is 486 g/mol. The Labute approximate surface area is 192 Å². The molecule has 3 aromatic rings. The van der Waals surface area contributed by atoms with Crippen LogP contribution in [-0.2, 0) is 4.79 Å². The number of hydrazone groups is 1. The monoisotopic (exact) mass is 507 g/mol. The topological polar surface area (TPSA) is 72.8 Å². The number of benzene rings is 2.